The van der Waals surface area contributed by atoms with Gasteiger partial charge in [0.05, 0.1) is 0 Å². The van der Waals surface area contributed by atoms with Crippen molar-refractivity contribution in [2.45, 2.75) is 39.0 Å². The first-order chi connectivity index (χ1) is 12.7. The van der Waals surface area contributed by atoms with Crippen LogP contribution >= 0.6 is 15.9 Å². The first-order valence-electron chi connectivity index (χ1n) is 9.26. The topological polar surface area (TPSA) is 24.5 Å². The molecule has 0 bridgehead atoms. The van der Waals surface area contributed by atoms with E-state index in [1.54, 1.807) is 12.1 Å². The molecule has 5 heteroatoms. The van der Waals surface area contributed by atoms with Crippen molar-refractivity contribution in [1.29, 1.82) is 0 Å². The molecule has 0 spiro atoms. The molecule has 0 radical (unpaired) electrons. The molecule has 1 fully saturated rings. The number of rotatable bonds is 8. The second-order valence-electron chi connectivity index (χ2n) is 6.72. The molecule has 3 rings (SSSR count). The average Bonchev–Trinajstić information content (AvgIpc) is 3.10. The van der Waals surface area contributed by atoms with Gasteiger partial charge in [-0.25, -0.2) is 4.39 Å². The van der Waals surface area contributed by atoms with Crippen molar-refractivity contribution in [3.8, 4) is 5.75 Å². The summed E-state index contributed by atoms with van der Waals surface area (Å²) in [6, 6.07) is 13.1. The van der Waals surface area contributed by atoms with Gasteiger partial charge in [0.25, 0.3) is 0 Å². The summed E-state index contributed by atoms with van der Waals surface area (Å²) >= 11 is 3.55. The maximum atomic E-state index is 13.0. The van der Waals surface area contributed by atoms with Crippen LogP contribution in [-0.4, -0.2) is 30.6 Å². The molecule has 3 nitrogen and oxygen atoms in total. The summed E-state index contributed by atoms with van der Waals surface area (Å²) in [5, 5.41) is 3.59. The lowest BCUT2D eigenvalue weighted by Crippen LogP contribution is -2.37. The molecule has 1 N–H and O–H groups in total. The summed E-state index contributed by atoms with van der Waals surface area (Å²) in [4.78, 5) is 2.54. The number of benzene rings is 2. The smallest absolute Gasteiger partial charge is 0.124 e. The van der Waals surface area contributed by atoms with Gasteiger partial charge in [-0.1, -0.05) is 35.0 Å². The molecule has 2 aromatic rings. The van der Waals surface area contributed by atoms with Gasteiger partial charge in [0.2, 0.25) is 0 Å². The number of nitrogens with zero attached hydrogens (tertiary/aromatic N) is 1. The summed E-state index contributed by atoms with van der Waals surface area (Å²) in [6.45, 7) is 6.76. The Hall–Kier alpha value is -1.43. The number of ether oxygens (including phenoxy) is 1. The second kappa shape index (κ2) is 9.49. The molecule has 0 amide bonds. The standard InChI is InChI=1S/C21H26BrFN2O/c1-2-25-11-3-4-20(25)14-24-13-17-12-18(22)7-10-21(17)26-15-16-5-8-19(23)9-6-16/h5-10,12,20,24H,2-4,11,13-15H2,1H3. The van der Waals surface area contributed by atoms with Crippen LogP contribution in [0, 0.1) is 5.82 Å². The summed E-state index contributed by atoms with van der Waals surface area (Å²) in [6.07, 6.45) is 2.57. The van der Waals surface area contributed by atoms with E-state index < -0.39 is 0 Å². The van der Waals surface area contributed by atoms with Crippen LogP contribution in [0.1, 0.15) is 30.9 Å². The van der Waals surface area contributed by atoms with Gasteiger partial charge in [0.15, 0.2) is 0 Å². The lowest BCUT2D eigenvalue weighted by molar-refractivity contribution is 0.259. The molecular weight excluding hydrogens is 395 g/mol. The highest BCUT2D eigenvalue weighted by atomic mass is 79.9. The maximum Gasteiger partial charge on any atom is 0.124 e. The number of hydrogen-bond acceptors (Lipinski definition) is 3. The van der Waals surface area contributed by atoms with Gasteiger partial charge in [0.1, 0.15) is 18.2 Å². The largest absolute Gasteiger partial charge is 0.489 e. The van der Waals surface area contributed by atoms with E-state index in [1.807, 2.05) is 12.1 Å². The van der Waals surface area contributed by atoms with E-state index in [0.29, 0.717) is 12.6 Å². The highest BCUT2D eigenvalue weighted by Crippen LogP contribution is 2.24. The molecule has 140 valence electrons. The molecule has 1 aliphatic heterocycles. The maximum absolute atomic E-state index is 13.0. The Bertz CT molecular complexity index is 708. The molecule has 1 aliphatic rings. The van der Waals surface area contributed by atoms with Crippen molar-refractivity contribution in [2.75, 3.05) is 19.6 Å². The highest BCUT2D eigenvalue weighted by Gasteiger charge is 2.22. The van der Waals surface area contributed by atoms with Crippen LogP contribution in [-0.2, 0) is 13.2 Å². The highest BCUT2D eigenvalue weighted by molar-refractivity contribution is 9.10. The molecule has 26 heavy (non-hydrogen) atoms. The van der Waals surface area contributed by atoms with Crippen LogP contribution in [0.3, 0.4) is 0 Å². The Morgan fingerprint density at radius 1 is 1.23 bits per heavy atom. The minimum atomic E-state index is -0.227. The fourth-order valence-corrected chi connectivity index (χ4v) is 3.89. The van der Waals surface area contributed by atoms with Crippen LogP contribution < -0.4 is 10.1 Å². The monoisotopic (exact) mass is 420 g/mol. The van der Waals surface area contributed by atoms with Crippen molar-refractivity contribution in [3.63, 3.8) is 0 Å². The van der Waals surface area contributed by atoms with E-state index in [2.05, 4.69) is 39.1 Å². The summed E-state index contributed by atoms with van der Waals surface area (Å²) in [7, 11) is 0. The third-order valence-electron chi connectivity index (χ3n) is 4.93. The Kier molecular flexibility index (Phi) is 7.06. The number of nitrogens with one attached hydrogen (secondary N) is 1. The molecular formula is C21H26BrFN2O. The van der Waals surface area contributed by atoms with Gasteiger partial charge in [0, 0.05) is 29.2 Å². The van der Waals surface area contributed by atoms with Gasteiger partial charge in [-0.2, -0.15) is 0 Å². The summed E-state index contributed by atoms with van der Waals surface area (Å²) < 4.78 is 20.1. The second-order valence-corrected chi connectivity index (χ2v) is 7.64. The minimum absolute atomic E-state index is 0.227. The normalized spacial score (nSPS) is 17.6. The fourth-order valence-electron chi connectivity index (χ4n) is 3.48. The summed E-state index contributed by atoms with van der Waals surface area (Å²) in [5.41, 5.74) is 2.08. The van der Waals surface area contributed by atoms with Crippen LogP contribution in [0.25, 0.3) is 0 Å². The summed E-state index contributed by atoms with van der Waals surface area (Å²) in [5.74, 6) is 0.638. The van der Waals surface area contributed by atoms with Crippen molar-refractivity contribution in [3.05, 3.63) is 63.9 Å². The van der Waals surface area contributed by atoms with Gasteiger partial charge in [-0.05, 0) is 61.8 Å². The van der Waals surface area contributed by atoms with Crippen molar-refractivity contribution in [1.82, 2.24) is 10.2 Å². The van der Waals surface area contributed by atoms with Gasteiger partial charge in [-0.3, -0.25) is 4.90 Å². The Labute approximate surface area is 163 Å². The molecule has 1 atom stereocenters. The van der Waals surface area contributed by atoms with E-state index in [-0.39, 0.29) is 5.82 Å². The third kappa shape index (κ3) is 5.29. The van der Waals surface area contributed by atoms with Crippen molar-refractivity contribution >= 4 is 15.9 Å². The molecule has 0 saturated carbocycles. The quantitative estimate of drug-likeness (QED) is 0.667. The zero-order valence-corrected chi connectivity index (χ0v) is 16.8. The minimum Gasteiger partial charge on any atom is -0.489 e. The molecule has 2 aromatic carbocycles. The first-order valence-corrected chi connectivity index (χ1v) is 10.1. The molecule has 1 unspecified atom stereocenters. The van der Waals surface area contributed by atoms with E-state index in [9.17, 15) is 4.39 Å². The fraction of sp³-hybridized carbons (Fsp3) is 0.429. The SMILES string of the molecule is CCN1CCCC1CNCc1cc(Br)ccc1OCc1ccc(F)cc1. The number of hydrogen-bond donors (Lipinski definition) is 1. The van der Waals surface area contributed by atoms with Crippen molar-refractivity contribution < 1.29 is 9.13 Å². The van der Waals surface area contributed by atoms with Crippen LogP contribution in [0.15, 0.2) is 46.9 Å². The van der Waals surface area contributed by atoms with Crippen LogP contribution in [0.5, 0.6) is 5.75 Å². The zero-order chi connectivity index (χ0) is 18.4. The van der Waals surface area contributed by atoms with E-state index in [0.717, 1.165) is 41.0 Å². The van der Waals surface area contributed by atoms with Crippen LogP contribution in [0.2, 0.25) is 0 Å². The molecule has 1 saturated heterocycles. The zero-order valence-electron chi connectivity index (χ0n) is 15.2. The third-order valence-corrected chi connectivity index (χ3v) is 5.42. The molecule has 0 aromatic heterocycles. The number of likely N-dealkylation sites (tertiary alicyclic amines) is 1. The Balaban J connectivity index is 1.57. The first kappa shape index (κ1) is 19.3. The average molecular weight is 421 g/mol. The van der Waals surface area contributed by atoms with Gasteiger partial charge < -0.3 is 10.1 Å². The Morgan fingerprint density at radius 3 is 2.81 bits per heavy atom. The van der Waals surface area contributed by atoms with E-state index in [1.165, 1.54) is 31.5 Å². The predicted molar refractivity (Wildman–Crippen MR) is 107 cm³/mol. The van der Waals surface area contributed by atoms with Gasteiger partial charge >= 0.3 is 0 Å². The number of halogens is 2. The number of likely N-dealkylation sites (N-methyl/N-ethyl adjacent to an activating group) is 1. The lowest BCUT2D eigenvalue weighted by Gasteiger charge is -2.23. The van der Waals surface area contributed by atoms with E-state index in [4.69, 9.17) is 4.74 Å². The predicted octanol–water partition coefficient (Wildman–Crippen LogP) is 4.74. The van der Waals surface area contributed by atoms with E-state index >= 15 is 0 Å². The van der Waals surface area contributed by atoms with Gasteiger partial charge in [-0.15, -0.1) is 0 Å². The lowest BCUT2D eigenvalue weighted by atomic mass is 10.1. The Morgan fingerprint density at radius 2 is 2.04 bits per heavy atom. The molecule has 1 heterocycles. The molecule has 0 aliphatic carbocycles. The van der Waals surface area contributed by atoms with Crippen molar-refractivity contribution in [2.24, 2.45) is 0 Å². The van der Waals surface area contributed by atoms with Crippen LogP contribution in [0.4, 0.5) is 4.39 Å².